The Hall–Kier alpha value is -2.83. The number of carbonyl (C=O) groups excluding carboxylic acids is 1. The van der Waals surface area contributed by atoms with Crippen molar-refractivity contribution in [2.24, 2.45) is 5.92 Å². The number of pyridine rings is 1. The number of carbonyl (C=O) groups is 1. The van der Waals surface area contributed by atoms with E-state index in [1.165, 1.54) is 17.5 Å². The van der Waals surface area contributed by atoms with Gasteiger partial charge in [-0.2, -0.15) is 0 Å². The highest BCUT2D eigenvalue weighted by Crippen LogP contribution is 2.23. The molecule has 4 rings (SSSR count). The van der Waals surface area contributed by atoms with Crippen LogP contribution >= 0.6 is 11.8 Å². The highest BCUT2D eigenvalue weighted by Gasteiger charge is 2.24. The average molecular weight is 490 g/mol. The first-order chi connectivity index (χ1) is 17.2. The Morgan fingerprint density at radius 2 is 1.74 bits per heavy atom. The van der Waals surface area contributed by atoms with E-state index >= 15 is 0 Å². The predicted molar refractivity (Wildman–Crippen MR) is 143 cm³/mol. The third kappa shape index (κ3) is 8.41. The van der Waals surface area contributed by atoms with Crippen molar-refractivity contribution in [3.8, 4) is 5.75 Å². The molecule has 3 aromatic rings. The molecule has 0 atom stereocenters. The fourth-order valence-electron chi connectivity index (χ4n) is 4.38. The molecule has 2 heterocycles. The van der Waals surface area contributed by atoms with Crippen molar-refractivity contribution >= 4 is 17.9 Å². The third-order valence-electron chi connectivity index (χ3n) is 6.49. The van der Waals surface area contributed by atoms with Crippen molar-refractivity contribution in [3.05, 3.63) is 90.1 Å². The van der Waals surface area contributed by atoms with Crippen LogP contribution in [0.15, 0.2) is 84.0 Å². The maximum absolute atomic E-state index is 12.6. The Bertz CT molecular complexity index is 1020. The molecule has 0 N–H and O–H groups in total. The number of likely N-dealkylation sites (tertiary alicyclic amines) is 1. The van der Waals surface area contributed by atoms with Gasteiger partial charge in [0.05, 0.1) is 5.03 Å². The van der Waals surface area contributed by atoms with Gasteiger partial charge < -0.3 is 14.5 Å². The molecule has 1 aliphatic heterocycles. The van der Waals surface area contributed by atoms with Gasteiger partial charge in [-0.15, -0.1) is 11.8 Å². The Balaban J connectivity index is 1.13. The molecule has 5 nitrogen and oxygen atoms in total. The number of aromatic nitrogens is 1. The van der Waals surface area contributed by atoms with E-state index in [0.29, 0.717) is 11.7 Å². The minimum atomic E-state index is -0.233. The first kappa shape index (κ1) is 25.3. The molecule has 1 amide bonds. The summed E-state index contributed by atoms with van der Waals surface area (Å²) in [6, 6.07) is 24.4. The summed E-state index contributed by atoms with van der Waals surface area (Å²) in [5.74, 6) is 2.24. The third-order valence-corrected chi connectivity index (χ3v) is 7.44. The van der Waals surface area contributed by atoms with E-state index < -0.39 is 0 Å². The predicted octanol–water partition coefficient (Wildman–Crippen LogP) is 6.15. The molecule has 0 spiro atoms. The van der Waals surface area contributed by atoms with Gasteiger partial charge in [-0.1, -0.05) is 48.5 Å². The van der Waals surface area contributed by atoms with Crippen LogP contribution in [0.5, 0.6) is 5.75 Å². The van der Waals surface area contributed by atoms with Gasteiger partial charge in [-0.05, 0) is 80.6 Å². The normalized spacial score (nSPS) is 14.3. The smallest absolute Gasteiger partial charge is 0.410 e. The summed E-state index contributed by atoms with van der Waals surface area (Å²) in [7, 11) is 2.18. The second kappa shape index (κ2) is 13.3. The molecule has 1 aliphatic rings. The minimum Gasteiger partial charge on any atom is -0.410 e. The lowest BCUT2D eigenvalue weighted by atomic mass is 9.93. The molecule has 6 heteroatoms. The van der Waals surface area contributed by atoms with Crippen molar-refractivity contribution in [2.45, 2.75) is 37.3 Å². The summed E-state index contributed by atoms with van der Waals surface area (Å²) in [5.41, 5.74) is 2.58. The topological polar surface area (TPSA) is 45.7 Å². The molecule has 2 aromatic carbocycles. The number of hydrogen-bond acceptors (Lipinski definition) is 5. The zero-order valence-electron chi connectivity index (χ0n) is 20.5. The van der Waals surface area contributed by atoms with E-state index in [1.54, 1.807) is 11.8 Å². The number of hydrogen-bond donors (Lipinski definition) is 0. The summed E-state index contributed by atoms with van der Waals surface area (Å²) in [4.78, 5) is 21.2. The first-order valence-electron chi connectivity index (χ1n) is 12.5. The molecular formula is C29H35N3O2S. The first-order valence-corrected chi connectivity index (χ1v) is 13.5. The Labute approximate surface area is 213 Å². The second-order valence-corrected chi connectivity index (χ2v) is 10.3. The minimum absolute atomic E-state index is 0.233. The highest BCUT2D eigenvalue weighted by molar-refractivity contribution is 7.99. The van der Waals surface area contributed by atoms with E-state index in [0.717, 1.165) is 56.2 Å². The van der Waals surface area contributed by atoms with Gasteiger partial charge >= 0.3 is 6.09 Å². The zero-order valence-corrected chi connectivity index (χ0v) is 21.3. The number of aryl methyl sites for hydroxylation is 1. The van der Waals surface area contributed by atoms with Gasteiger partial charge in [-0.25, -0.2) is 9.78 Å². The number of benzene rings is 2. The SMILES string of the molecule is CN(CCC1CCN(C(=O)Oc2ccc(CCSc3ccccn3)cc2)CC1)Cc1ccccc1. The van der Waals surface area contributed by atoms with E-state index in [9.17, 15) is 4.79 Å². The molecule has 0 saturated carbocycles. The van der Waals surface area contributed by atoms with Crippen LogP contribution in [0.2, 0.25) is 0 Å². The van der Waals surface area contributed by atoms with E-state index in [-0.39, 0.29) is 6.09 Å². The average Bonchev–Trinajstić information content (AvgIpc) is 2.90. The summed E-state index contributed by atoms with van der Waals surface area (Å²) < 4.78 is 5.65. The van der Waals surface area contributed by atoms with Gasteiger partial charge in [0.25, 0.3) is 0 Å². The second-order valence-electron chi connectivity index (χ2n) is 9.22. The maximum atomic E-state index is 12.6. The van der Waals surface area contributed by atoms with Crippen molar-refractivity contribution in [2.75, 3.05) is 32.4 Å². The van der Waals surface area contributed by atoms with Crippen LogP contribution in [0.4, 0.5) is 4.79 Å². The summed E-state index contributed by atoms with van der Waals surface area (Å²) in [6.07, 6.45) is 5.79. The summed E-state index contributed by atoms with van der Waals surface area (Å²) in [6.45, 7) is 3.61. The van der Waals surface area contributed by atoms with E-state index in [4.69, 9.17) is 4.74 Å². The standard InChI is InChI=1S/C29H35N3O2S/c1-31(23-26-7-3-2-4-8-26)19-14-25-15-20-32(21-16-25)29(33)34-27-12-10-24(11-13-27)17-22-35-28-9-5-6-18-30-28/h2-13,18,25H,14-17,19-23H2,1H3. The molecule has 1 saturated heterocycles. The highest BCUT2D eigenvalue weighted by atomic mass is 32.2. The van der Waals surface area contributed by atoms with Crippen LogP contribution < -0.4 is 4.74 Å². The fourth-order valence-corrected chi connectivity index (χ4v) is 5.23. The summed E-state index contributed by atoms with van der Waals surface area (Å²) in [5, 5.41) is 1.04. The largest absolute Gasteiger partial charge is 0.415 e. The molecule has 0 radical (unpaired) electrons. The molecule has 1 fully saturated rings. The molecule has 0 bridgehead atoms. The van der Waals surface area contributed by atoms with Crippen LogP contribution in [0, 0.1) is 5.92 Å². The Morgan fingerprint density at radius 1 is 1.00 bits per heavy atom. The van der Waals surface area contributed by atoms with E-state index in [2.05, 4.69) is 47.3 Å². The van der Waals surface area contributed by atoms with Crippen LogP contribution in [0.25, 0.3) is 0 Å². The lowest BCUT2D eigenvalue weighted by Crippen LogP contribution is -2.40. The monoisotopic (exact) mass is 489 g/mol. The quantitative estimate of drug-likeness (QED) is 0.320. The maximum Gasteiger partial charge on any atom is 0.415 e. The van der Waals surface area contributed by atoms with Crippen LogP contribution in [0.1, 0.15) is 30.4 Å². The van der Waals surface area contributed by atoms with Gasteiger partial charge in [0, 0.05) is 31.6 Å². The number of ether oxygens (including phenoxy) is 1. The van der Waals surface area contributed by atoms with Crippen molar-refractivity contribution in [1.82, 2.24) is 14.8 Å². The Kier molecular flexibility index (Phi) is 9.61. The van der Waals surface area contributed by atoms with Gasteiger partial charge in [0.1, 0.15) is 5.75 Å². The van der Waals surface area contributed by atoms with Gasteiger partial charge in [-0.3, -0.25) is 0 Å². The van der Waals surface area contributed by atoms with Gasteiger partial charge in [0.15, 0.2) is 0 Å². The number of nitrogens with zero attached hydrogens (tertiary/aromatic N) is 3. The lowest BCUT2D eigenvalue weighted by Gasteiger charge is -2.32. The van der Waals surface area contributed by atoms with Crippen molar-refractivity contribution in [1.29, 1.82) is 0 Å². The number of rotatable bonds is 10. The van der Waals surface area contributed by atoms with Gasteiger partial charge in [0.2, 0.25) is 0 Å². The number of thioether (sulfide) groups is 1. The number of piperidine rings is 1. The van der Waals surface area contributed by atoms with Crippen LogP contribution in [0.3, 0.4) is 0 Å². The molecule has 184 valence electrons. The van der Waals surface area contributed by atoms with Crippen molar-refractivity contribution < 1.29 is 9.53 Å². The summed E-state index contributed by atoms with van der Waals surface area (Å²) >= 11 is 1.75. The van der Waals surface area contributed by atoms with Crippen LogP contribution in [-0.4, -0.2) is 53.3 Å². The molecule has 0 unspecified atom stereocenters. The number of amides is 1. The zero-order chi connectivity index (χ0) is 24.3. The Morgan fingerprint density at radius 3 is 2.46 bits per heavy atom. The molecule has 0 aliphatic carbocycles. The molecular weight excluding hydrogens is 454 g/mol. The van der Waals surface area contributed by atoms with Crippen LogP contribution in [-0.2, 0) is 13.0 Å². The van der Waals surface area contributed by atoms with Crippen molar-refractivity contribution in [3.63, 3.8) is 0 Å². The van der Waals surface area contributed by atoms with E-state index in [1.807, 2.05) is 53.6 Å². The fraction of sp³-hybridized carbons (Fsp3) is 0.379. The lowest BCUT2D eigenvalue weighted by molar-refractivity contribution is 0.126. The molecule has 1 aromatic heterocycles. The molecule has 35 heavy (non-hydrogen) atoms.